The highest BCUT2D eigenvalue weighted by Gasteiger charge is 2.74. The van der Waals surface area contributed by atoms with Gasteiger partial charge in [0, 0.05) is 18.8 Å². The number of rotatable bonds is 8. The molecule has 4 aliphatic rings. The molecule has 32 heavy (non-hydrogen) atoms. The zero-order valence-electron chi connectivity index (χ0n) is 18.1. The van der Waals surface area contributed by atoms with Crippen LogP contribution in [0.3, 0.4) is 0 Å². The molecule has 10 atom stereocenters. The van der Waals surface area contributed by atoms with Gasteiger partial charge in [-0.1, -0.05) is 13.8 Å². The van der Waals surface area contributed by atoms with E-state index >= 15 is 0 Å². The monoisotopic (exact) mass is 460 g/mol. The molecule has 11 heteroatoms. The molecule has 5 N–H and O–H groups in total. The van der Waals surface area contributed by atoms with Crippen LogP contribution < -0.4 is 0 Å². The Labute approximate surface area is 185 Å². The first-order chi connectivity index (χ1) is 15.2. The smallest absolute Gasteiger partial charge is 0.309 e. The molecular formula is C21H32O11. The summed E-state index contributed by atoms with van der Waals surface area (Å²) in [5, 5.41) is 50.5. The minimum atomic E-state index is -1.66. The lowest BCUT2D eigenvalue weighted by atomic mass is 9.79. The van der Waals surface area contributed by atoms with Gasteiger partial charge in [-0.25, -0.2) is 0 Å². The molecule has 4 rings (SSSR count). The summed E-state index contributed by atoms with van der Waals surface area (Å²) >= 11 is 0. The fourth-order valence-electron chi connectivity index (χ4n) is 4.96. The number of esters is 1. The van der Waals surface area contributed by atoms with Gasteiger partial charge in [0.25, 0.3) is 0 Å². The fraction of sp³-hybridized carbons (Fsp3) is 0.857. The predicted octanol–water partition coefficient (Wildman–Crippen LogP) is -1.60. The SMILES string of the molecule is CC(C)CC(=O)OC1OC=C(COC2OC(CO)CC(O)C2O)C2C3OC3C(O)(CO)C12. The highest BCUT2D eigenvalue weighted by molar-refractivity contribution is 5.69. The van der Waals surface area contributed by atoms with E-state index < -0.39 is 73.1 Å². The number of carbonyl (C=O) groups is 1. The lowest BCUT2D eigenvalue weighted by Gasteiger charge is -2.41. The highest BCUT2D eigenvalue weighted by atomic mass is 16.7. The van der Waals surface area contributed by atoms with Crippen LogP contribution in [0.15, 0.2) is 11.8 Å². The molecule has 3 aliphatic heterocycles. The van der Waals surface area contributed by atoms with Gasteiger partial charge >= 0.3 is 5.97 Å². The number of hydrogen-bond acceptors (Lipinski definition) is 11. The Morgan fingerprint density at radius 2 is 2.00 bits per heavy atom. The first kappa shape index (κ1) is 23.8. The molecule has 0 aromatic carbocycles. The Morgan fingerprint density at radius 1 is 1.25 bits per heavy atom. The van der Waals surface area contributed by atoms with Crippen LogP contribution in [0.4, 0.5) is 0 Å². The second kappa shape index (κ2) is 9.15. The number of aliphatic hydroxyl groups is 5. The summed E-state index contributed by atoms with van der Waals surface area (Å²) in [5.41, 5.74) is -1.09. The normalized spacial score (nSPS) is 45.0. The molecule has 2 saturated heterocycles. The first-order valence-corrected chi connectivity index (χ1v) is 11.0. The van der Waals surface area contributed by atoms with Gasteiger partial charge in [-0.2, -0.15) is 0 Å². The molecule has 0 bridgehead atoms. The maximum Gasteiger partial charge on any atom is 0.309 e. The molecular weight excluding hydrogens is 428 g/mol. The molecule has 0 spiro atoms. The second-order valence-corrected chi connectivity index (χ2v) is 9.42. The van der Waals surface area contributed by atoms with Crippen molar-refractivity contribution in [3.05, 3.63) is 11.8 Å². The van der Waals surface area contributed by atoms with Crippen molar-refractivity contribution in [1.29, 1.82) is 0 Å². The number of carbonyl (C=O) groups excluding carboxylic acids is 1. The Kier molecular flexibility index (Phi) is 6.81. The number of ether oxygens (including phenoxy) is 5. The van der Waals surface area contributed by atoms with Gasteiger partial charge in [0.1, 0.15) is 17.8 Å². The quantitative estimate of drug-likeness (QED) is 0.209. The van der Waals surface area contributed by atoms with E-state index in [4.69, 9.17) is 23.7 Å². The van der Waals surface area contributed by atoms with Crippen molar-refractivity contribution in [3.63, 3.8) is 0 Å². The standard InChI is InChI=1S/C21H32O11/c1-9(2)3-13(25)31-19-15-14(17-18(32-17)21(15,27)8-23)10(6-28-19)7-29-20-16(26)12(24)4-11(5-22)30-20/h6,9,11-12,14-20,22-24,26-27H,3-5,7-8H2,1-2H3. The number of epoxide rings is 1. The van der Waals surface area contributed by atoms with Crippen molar-refractivity contribution in [2.24, 2.45) is 17.8 Å². The number of aliphatic hydroxyl groups excluding tert-OH is 4. The zero-order chi connectivity index (χ0) is 23.2. The van der Waals surface area contributed by atoms with Crippen LogP contribution in [0.1, 0.15) is 26.7 Å². The average molecular weight is 460 g/mol. The van der Waals surface area contributed by atoms with E-state index in [0.29, 0.717) is 5.57 Å². The summed E-state index contributed by atoms with van der Waals surface area (Å²) in [4.78, 5) is 12.2. The molecule has 3 heterocycles. The summed E-state index contributed by atoms with van der Waals surface area (Å²) in [5.74, 6) is -1.62. The van der Waals surface area contributed by atoms with E-state index in [1.165, 1.54) is 6.26 Å². The summed E-state index contributed by atoms with van der Waals surface area (Å²) in [6.07, 6.45) is -4.74. The van der Waals surface area contributed by atoms with E-state index in [1.807, 2.05) is 13.8 Å². The summed E-state index contributed by atoms with van der Waals surface area (Å²) in [7, 11) is 0. The molecule has 11 nitrogen and oxygen atoms in total. The highest BCUT2D eigenvalue weighted by Crippen LogP contribution is 2.58. The zero-order valence-corrected chi connectivity index (χ0v) is 18.1. The second-order valence-electron chi connectivity index (χ2n) is 9.42. The molecule has 0 aromatic rings. The maximum atomic E-state index is 12.2. The van der Waals surface area contributed by atoms with Crippen LogP contribution in [0.25, 0.3) is 0 Å². The van der Waals surface area contributed by atoms with Crippen LogP contribution in [-0.2, 0) is 28.5 Å². The molecule has 0 amide bonds. The molecule has 1 aliphatic carbocycles. The van der Waals surface area contributed by atoms with Gasteiger partial charge in [0.2, 0.25) is 6.29 Å². The molecule has 3 fully saturated rings. The van der Waals surface area contributed by atoms with E-state index in [2.05, 4.69) is 0 Å². The van der Waals surface area contributed by atoms with Crippen molar-refractivity contribution >= 4 is 5.97 Å². The molecule has 10 unspecified atom stereocenters. The van der Waals surface area contributed by atoms with E-state index in [-0.39, 0.29) is 32.0 Å². The molecule has 1 saturated carbocycles. The minimum absolute atomic E-state index is 0.0819. The molecule has 182 valence electrons. The predicted molar refractivity (Wildman–Crippen MR) is 105 cm³/mol. The number of hydrogen-bond donors (Lipinski definition) is 5. The van der Waals surface area contributed by atoms with E-state index in [9.17, 15) is 30.3 Å². The van der Waals surface area contributed by atoms with Gasteiger partial charge in [0.15, 0.2) is 6.29 Å². The van der Waals surface area contributed by atoms with Crippen LogP contribution in [0.5, 0.6) is 0 Å². The minimum Gasteiger partial charge on any atom is -0.462 e. The topological polar surface area (TPSA) is 168 Å². The third-order valence-corrected chi connectivity index (χ3v) is 6.61. The van der Waals surface area contributed by atoms with Crippen LogP contribution in [-0.4, -0.2) is 100 Å². The Morgan fingerprint density at radius 3 is 2.66 bits per heavy atom. The van der Waals surface area contributed by atoms with Crippen LogP contribution in [0, 0.1) is 17.8 Å². The van der Waals surface area contributed by atoms with Gasteiger partial charge in [-0.3, -0.25) is 4.79 Å². The lowest BCUT2D eigenvalue weighted by molar-refractivity contribution is -0.270. The number of fused-ring (bicyclic) bond motifs is 3. The van der Waals surface area contributed by atoms with E-state index in [0.717, 1.165) is 0 Å². The van der Waals surface area contributed by atoms with Crippen molar-refractivity contribution in [2.75, 3.05) is 19.8 Å². The van der Waals surface area contributed by atoms with E-state index in [1.54, 1.807) is 0 Å². The van der Waals surface area contributed by atoms with Crippen molar-refractivity contribution in [1.82, 2.24) is 0 Å². The summed E-state index contributed by atoms with van der Waals surface area (Å²) < 4.78 is 27.9. The Hall–Kier alpha value is -1.31. The first-order valence-electron chi connectivity index (χ1n) is 11.0. The molecule has 0 aromatic heterocycles. The van der Waals surface area contributed by atoms with Crippen molar-refractivity contribution in [3.8, 4) is 0 Å². The van der Waals surface area contributed by atoms with Crippen LogP contribution in [0.2, 0.25) is 0 Å². The summed E-state index contributed by atoms with van der Waals surface area (Å²) in [6.45, 7) is 2.74. The van der Waals surface area contributed by atoms with Gasteiger partial charge < -0.3 is 49.2 Å². The third kappa shape index (κ3) is 4.28. The molecule has 0 radical (unpaired) electrons. The lowest BCUT2D eigenvalue weighted by Crippen LogP contribution is -2.54. The summed E-state index contributed by atoms with van der Waals surface area (Å²) in [6, 6.07) is 0. The average Bonchev–Trinajstić information content (AvgIpc) is 3.50. The van der Waals surface area contributed by atoms with Crippen molar-refractivity contribution < 1.29 is 54.0 Å². The largest absolute Gasteiger partial charge is 0.462 e. The van der Waals surface area contributed by atoms with Crippen molar-refractivity contribution in [2.45, 2.75) is 75.4 Å². The maximum absolute atomic E-state index is 12.2. The fourth-order valence-corrected chi connectivity index (χ4v) is 4.96. The third-order valence-electron chi connectivity index (χ3n) is 6.61. The van der Waals surface area contributed by atoms with Gasteiger partial charge in [-0.05, 0) is 11.5 Å². The van der Waals surface area contributed by atoms with Gasteiger partial charge in [0.05, 0.1) is 50.3 Å². The Bertz CT molecular complexity index is 727. The van der Waals surface area contributed by atoms with Gasteiger partial charge in [-0.15, -0.1) is 0 Å². The Balaban J connectivity index is 1.48. The van der Waals surface area contributed by atoms with Crippen LogP contribution >= 0.6 is 0 Å².